The number of azo groups is 1. The van der Waals surface area contributed by atoms with Gasteiger partial charge in [0.25, 0.3) is 0 Å². The molecule has 0 bridgehead atoms. The normalized spacial score (nSPS) is 10.7. The lowest BCUT2D eigenvalue weighted by Crippen LogP contribution is -1.75. The molecule has 2 rings (SSSR count). The van der Waals surface area contributed by atoms with Crippen LogP contribution in [0.15, 0.2) is 58.9 Å². The average molecular weight is 201 g/mol. The topological polar surface area (TPSA) is 37.6 Å². The fourth-order valence-corrected chi connectivity index (χ4v) is 1.03. The summed E-state index contributed by atoms with van der Waals surface area (Å²) in [6.07, 6.45) is 1.11. The van der Waals surface area contributed by atoms with Gasteiger partial charge in [-0.25, -0.2) is 9.37 Å². The summed E-state index contributed by atoms with van der Waals surface area (Å²) in [4.78, 5) is 3.76. The molecule has 15 heavy (non-hydrogen) atoms. The van der Waals surface area contributed by atoms with E-state index in [-0.39, 0.29) is 5.82 Å². The van der Waals surface area contributed by atoms with E-state index >= 15 is 0 Å². The molecule has 3 nitrogen and oxygen atoms in total. The third-order valence-corrected chi connectivity index (χ3v) is 1.74. The molecular weight excluding hydrogens is 193 g/mol. The number of nitrogens with zero attached hydrogens (tertiary/aromatic N) is 3. The van der Waals surface area contributed by atoms with Gasteiger partial charge in [-0.3, -0.25) is 0 Å². The van der Waals surface area contributed by atoms with Crippen molar-refractivity contribution in [3.8, 4) is 0 Å². The van der Waals surface area contributed by atoms with Crippen LogP contribution in [-0.2, 0) is 0 Å². The van der Waals surface area contributed by atoms with Crippen LogP contribution in [0, 0.1) is 5.82 Å². The highest BCUT2D eigenvalue weighted by Crippen LogP contribution is 2.15. The van der Waals surface area contributed by atoms with Crippen molar-refractivity contribution >= 4 is 11.5 Å². The smallest absolute Gasteiger partial charge is 0.174 e. The van der Waals surface area contributed by atoms with E-state index in [9.17, 15) is 4.39 Å². The molecule has 1 aromatic carbocycles. The van der Waals surface area contributed by atoms with Gasteiger partial charge in [0.05, 0.1) is 11.9 Å². The van der Waals surface area contributed by atoms with Gasteiger partial charge in [-0.1, -0.05) is 18.2 Å². The van der Waals surface area contributed by atoms with Gasteiger partial charge >= 0.3 is 0 Å². The van der Waals surface area contributed by atoms with Crippen LogP contribution >= 0.6 is 0 Å². The molecule has 0 aliphatic heterocycles. The first-order chi connectivity index (χ1) is 7.34. The first kappa shape index (κ1) is 9.45. The van der Waals surface area contributed by atoms with Crippen molar-refractivity contribution in [3.63, 3.8) is 0 Å². The summed E-state index contributed by atoms with van der Waals surface area (Å²) < 4.78 is 12.5. The number of aromatic nitrogens is 1. The molecule has 0 spiro atoms. The van der Waals surface area contributed by atoms with Crippen molar-refractivity contribution in [1.82, 2.24) is 4.98 Å². The van der Waals surface area contributed by atoms with Crippen molar-refractivity contribution in [3.05, 3.63) is 54.5 Å². The van der Waals surface area contributed by atoms with Gasteiger partial charge in [0, 0.05) is 0 Å². The zero-order valence-corrected chi connectivity index (χ0v) is 7.84. The van der Waals surface area contributed by atoms with Crippen molar-refractivity contribution in [1.29, 1.82) is 0 Å². The van der Waals surface area contributed by atoms with Crippen LogP contribution in [0.5, 0.6) is 0 Å². The molecule has 2 aromatic rings. The molecule has 0 radical (unpaired) electrons. The van der Waals surface area contributed by atoms with Gasteiger partial charge in [0.2, 0.25) is 0 Å². The van der Waals surface area contributed by atoms with Crippen LogP contribution in [0.2, 0.25) is 0 Å². The Morgan fingerprint density at radius 3 is 2.40 bits per heavy atom. The molecule has 0 atom stereocenters. The Balaban J connectivity index is 2.15. The summed E-state index contributed by atoms with van der Waals surface area (Å²) in [5.41, 5.74) is 0.739. The van der Waals surface area contributed by atoms with Crippen molar-refractivity contribution in [2.24, 2.45) is 10.2 Å². The molecule has 0 fully saturated rings. The van der Waals surface area contributed by atoms with Crippen LogP contribution in [0.4, 0.5) is 15.9 Å². The minimum atomic E-state index is -0.381. The average Bonchev–Trinajstić information content (AvgIpc) is 2.30. The molecule has 74 valence electrons. The van der Waals surface area contributed by atoms with E-state index < -0.39 is 0 Å². The Hall–Kier alpha value is -2.10. The molecule has 0 saturated heterocycles. The van der Waals surface area contributed by atoms with E-state index in [0.717, 1.165) is 11.9 Å². The zero-order valence-electron chi connectivity index (χ0n) is 7.84. The maximum absolute atomic E-state index is 12.5. The van der Waals surface area contributed by atoms with Gasteiger partial charge in [0.15, 0.2) is 5.82 Å². The second kappa shape index (κ2) is 4.41. The molecule has 1 aromatic heterocycles. The Morgan fingerprint density at radius 1 is 0.933 bits per heavy atom. The fraction of sp³-hybridized carbons (Fsp3) is 0. The van der Waals surface area contributed by atoms with Gasteiger partial charge in [0.1, 0.15) is 5.82 Å². The van der Waals surface area contributed by atoms with Crippen LogP contribution in [0.3, 0.4) is 0 Å². The maximum Gasteiger partial charge on any atom is 0.174 e. The largest absolute Gasteiger partial charge is 0.233 e. The number of halogens is 1. The highest BCUT2D eigenvalue weighted by molar-refractivity contribution is 5.36. The van der Waals surface area contributed by atoms with E-state index in [4.69, 9.17) is 0 Å². The molecular formula is C11H8FN3. The summed E-state index contributed by atoms with van der Waals surface area (Å²) in [5, 5.41) is 7.81. The van der Waals surface area contributed by atoms with E-state index in [1.54, 1.807) is 0 Å². The van der Waals surface area contributed by atoms with Crippen molar-refractivity contribution < 1.29 is 4.39 Å². The number of hydrogen-bond acceptors (Lipinski definition) is 3. The van der Waals surface area contributed by atoms with E-state index in [1.807, 2.05) is 30.3 Å². The first-order valence-electron chi connectivity index (χ1n) is 4.43. The van der Waals surface area contributed by atoms with Gasteiger partial charge in [-0.05, 0) is 24.3 Å². The number of benzene rings is 1. The third kappa shape index (κ3) is 2.67. The molecule has 0 aliphatic carbocycles. The lowest BCUT2D eigenvalue weighted by atomic mass is 10.3. The van der Waals surface area contributed by atoms with E-state index in [2.05, 4.69) is 15.2 Å². The second-order valence-corrected chi connectivity index (χ2v) is 2.87. The highest BCUT2D eigenvalue weighted by atomic mass is 19.1. The van der Waals surface area contributed by atoms with Crippen molar-refractivity contribution in [2.75, 3.05) is 0 Å². The minimum absolute atomic E-state index is 0.381. The fourth-order valence-electron chi connectivity index (χ4n) is 1.03. The Kier molecular flexibility index (Phi) is 2.78. The molecule has 0 amide bonds. The highest BCUT2D eigenvalue weighted by Gasteiger charge is 1.92. The number of rotatable bonds is 2. The molecule has 0 aliphatic rings. The van der Waals surface area contributed by atoms with Crippen LogP contribution in [0.1, 0.15) is 0 Å². The van der Waals surface area contributed by atoms with Crippen molar-refractivity contribution in [2.45, 2.75) is 0 Å². The number of hydrogen-bond donors (Lipinski definition) is 0. The predicted octanol–water partition coefficient (Wildman–Crippen LogP) is 3.64. The Labute approximate surface area is 86.3 Å². The summed E-state index contributed by atoms with van der Waals surface area (Å²) >= 11 is 0. The maximum atomic E-state index is 12.5. The minimum Gasteiger partial charge on any atom is -0.233 e. The monoisotopic (exact) mass is 201 g/mol. The molecule has 0 saturated carbocycles. The summed E-state index contributed by atoms with van der Waals surface area (Å²) in [7, 11) is 0. The third-order valence-electron chi connectivity index (χ3n) is 1.74. The van der Waals surface area contributed by atoms with Gasteiger partial charge in [-0.2, -0.15) is 0 Å². The van der Waals surface area contributed by atoms with E-state index in [1.165, 1.54) is 12.1 Å². The Bertz CT molecular complexity index is 451. The quantitative estimate of drug-likeness (QED) is 0.683. The number of pyridine rings is 1. The summed E-state index contributed by atoms with van der Waals surface area (Å²) in [5.74, 6) is 0.00825. The molecule has 4 heteroatoms. The van der Waals surface area contributed by atoms with Crippen LogP contribution in [-0.4, -0.2) is 4.98 Å². The lowest BCUT2D eigenvalue weighted by molar-refractivity contribution is 0.621. The van der Waals surface area contributed by atoms with Gasteiger partial charge in [-0.15, -0.1) is 10.2 Å². The predicted molar refractivity (Wildman–Crippen MR) is 54.8 cm³/mol. The lowest BCUT2D eigenvalue weighted by Gasteiger charge is -1.91. The summed E-state index contributed by atoms with van der Waals surface area (Å²) in [6, 6.07) is 12.1. The molecule has 0 unspecified atom stereocenters. The van der Waals surface area contributed by atoms with Gasteiger partial charge < -0.3 is 0 Å². The molecule has 0 N–H and O–H groups in total. The standard InChI is InChI=1S/C11H8FN3/c12-9-6-7-11(13-8-9)15-14-10-4-2-1-3-5-10/h1-8H. The summed E-state index contributed by atoms with van der Waals surface area (Å²) in [6.45, 7) is 0. The van der Waals surface area contributed by atoms with Crippen LogP contribution < -0.4 is 0 Å². The zero-order chi connectivity index (χ0) is 10.5. The molecule has 1 heterocycles. The second-order valence-electron chi connectivity index (χ2n) is 2.87. The van der Waals surface area contributed by atoms with Crippen LogP contribution in [0.25, 0.3) is 0 Å². The Morgan fingerprint density at radius 2 is 1.73 bits per heavy atom. The SMILES string of the molecule is Fc1ccc(N=Nc2ccccc2)nc1. The van der Waals surface area contributed by atoms with E-state index in [0.29, 0.717) is 5.82 Å². The first-order valence-corrected chi connectivity index (χ1v) is 4.43.